The topological polar surface area (TPSA) is 117 Å². The van der Waals surface area contributed by atoms with E-state index in [1.165, 1.54) is 18.3 Å². The first-order valence-corrected chi connectivity index (χ1v) is 6.75. The van der Waals surface area contributed by atoms with Gasteiger partial charge in [0.1, 0.15) is 11.6 Å². The second-order valence-electron chi connectivity index (χ2n) is 5.11. The molecule has 8 nitrogen and oxygen atoms in total. The number of anilines is 1. The first-order valence-electron chi connectivity index (χ1n) is 6.75. The number of carboxylic acids is 1. The molecule has 2 aromatic rings. The fourth-order valence-corrected chi connectivity index (χ4v) is 2.89. The molecule has 1 aliphatic heterocycles. The molecule has 0 bridgehead atoms. The number of phenolic OH excluding ortho intramolecular Hbond substituents is 1. The molecule has 22 heavy (non-hydrogen) atoms. The van der Waals surface area contributed by atoms with Gasteiger partial charge in [0.05, 0.1) is 4.92 Å². The van der Waals surface area contributed by atoms with Crippen LogP contribution in [0.3, 0.4) is 0 Å². The number of nitro benzene ring substituents is 1. The highest BCUT2D eigenvalue weighted by molar-refractivity contribution is 5.98. The van der Waals surface area contributed by atoms with Gasteiger partial charge in [-0.3, -0.25) is 15.1 Å². The van der Waals surface area contributed by atoms with Crippen LogP contribution in [0, 0.1) is 10.1 Å². The number of hydrogen-bond acceptors (Lipinski definition) is 6. The first kappa shape index (κ1) is 14.1. The van der Waals surface area contributed by atoms with Crippen LogP contribution in [0.4, 0.5) is 11.4 Å². The van der Waals surface area contributed by atoms with Crippen molar-refractivity contribution in [2.75, 3.05) is 11.4 Å². The van der Waals surface area contributed by atoms with E-state index in [9.17, 15) is 25.1 Å². The van der Waals surface area contributed by atoms with Gasteiger partial charge in [0.25, 0.3) is 0 Å². The molecule has 1 saturated heterocycles. The normalized spacial score (nSPS) is 17.8. The lowest BCUT2D eigenvalue weighted by atomic mass is 10.1. The number of hydrogen-bond donors (Lipinski definition) is 2. The highest BCUT2D eigenvalue weighted by Crippen LogP contribution is 2.38. The summed E-state index contributed by atoms with van der Waals surface area (Å²) >= 11 is 0. The van der Waals surface area contributed by atoms with Crippen molar-refractivity contribution >= 4 is 28.2 Å². The molecular formula is C14H13N3O5. The predicted molar refractivity (Wildman–Crippen MR) is 78.1 cm³/mol. The molecule has 1 aromatic heterocycles. The number of benzene rings is 1. The summed E-state index contributed by atoms with van der Waals surface area (Å²) in [4.78, 5) is 27.3. The minimum atomic E-state index is -0.909. The molecule has 0 radical (unpaired) electrons. The number of aliphatic carboxylic acids is 1. The Kier molecular flexibility index (Phi) is 3.28. The van der Waals surface area contributed by atoms with Crippen molar-refractivity contribution in [3.63, 3.8) is 0 Å². The first-order chi connectivity index (χ1) is 10.5. The SMILES string of the molecule is O=C(O)[C@@H]1CCCN1c1ccnc2c(O)c([N+](=O)[O-])ccc12. The highest BCUT2D eigenvalue weighted by atomic mass is 16.6. The molecule has 0 spiro atoms. The van der Waals surface area contributed by atoms with Crippen LogP contribution < -0.4 is 4.90 Å². The Morgan fingerprint density at radius 1 is 1.41 bits per heavy atom. The smallest absolute Gasteiger partial charge is 0.326 e. The maximum atomic E-state index is 11.3. The van der Waals surface area contributed by atoms with Gasteiger partial charge in [-0.2, -0.15) is 0 Å². The van der Waals surface area contributed by atoms with E-state index in [2.05, 4.69) is 4.98 Å². The summed E-state index contributed by atoms with van der Waals surface area (Å²) in [5, 5.41) is 30.7. The number of aromatic nitrogens is 1. The van der Waals surface area contributed by atoms with Crippen LogP contribution in [0.15, 0.2) is 24.4 Å². The van der Waals surface area contributed by atoms with Gasteiger partial charge >= 0.3 is 11.7 Å². The highest BCUT2D eigenvalue weighted by Gasteiger charge is 2.32. The number of pyridine rings is 1. The second-order valence-corrected chi connectivity index (χ2v) is 5.11. The summed E-state index contributed by atoms with van der Waals surface area (Å²) in [6.07, 6.45) is 2.70. The summed E-state index contributed by atoms with van der Waals surface area (Å²) in [5.41, 5.74) is 0.288. The van der Waals surface area contributed by atoms with E-state index in [1.54, 1.807) is 11.0 Å². The summed E-state index contributed by atoms with van der Waals surface area (Å²) in [5.74, 6) is -1.41. The Morgan fingerprint density at radius 2 is 2.18 bits per heavy atom. The van der Waals surface area contributed by atoms with Gasteiger partial charge in [-0.25, -0.2) is 4.79 Å². The molecular weight excluding hydrogens is 290 g/mol. The van der Waals surface area contributed by atoms with Gasteiger partial charge in [-0.1, -0.05) is 0 Å². The third-order valence-corrected chi connectivity index (χ3v) is 3.89. The zero-order chi connectivity index (χ0) is 15.9. The Hall–Kier alpha value is -2.90. The molecule has 0 saturated carbocycles. The second kappa shape index (κ2) is 5.14. The van der Waals surface area contributed by atoms with Gasteiger partial charge in [0.2, 0.25) is 5.75 Å². The van der Waals surface area contributed by atoms with Gasteiger partial charge in [0, 0.05) is 29.9 Å². The van der Waals surface area contributed by atoms with Crippen molar-refractivity contribution < 1.29 is 19.9 Å². The Balaban J connectivity index is 2.18. The van der Waals surface area contributed by atoms with E-state index >= 15 is 0 Å². The van der Waals surface area contributed by atoms with Crippen LogP contribution in [-0.4, -0.2) is 38.7 Å². The molecule has 8 heteroatoms. The Labute approximate surface area is 124 Å². The van der Waals surface area contributed by atoms with Gasteiger partial charge in [-0.15, -0.1) is 0 Å². The van der Waals surface area contributed by atoms with Crippen LogP contribution in [0.5, 0.6) is 5.75 Å². The average Bonchev–Trinajstić information content (AvgIpc) is 2.96. The lowest BCUT2D eigenvalue weighted by Gasteiger charge is -2.24. The summed E-state index contributed by atoms with van der Waals surface area (Å²) < 4.78 is 0. The van der Waals surface area contributed by atoms with E-state index in [0.29, 0.717) is 24.0 Å². The Morgan fingerprint density at radius 3 is 2.86 bits per heavy atom. The molecule has 0 aliphatic carbocycles. The number of nitro groups is 1. The largest absolute Gasteiger partial charge is 0.501 e. The zero-order valence-corrected chi connectivity index (χ0v) is 11.5. The number of fused-ring (bicyclic) bond motifs is 1. The number of aromatic hydroxyl groups is 1. The number of nitrogens with zero attached hydrogens (tertiary/aromatic N) is 3. The quantitative estimate of drug-likeness (QED) is 0.656. The molecule has 114 valence electrons. The van der Waals surface area contributed by atoms with Crippen molar-refractivity contribution in [1.82, 2.24) is 4.98 Å². The number of rotatable bonds is 3. The third kappa shape index (κ3) is 2.09. The van der Waals surface area contributed by atoms with Crippen LogP contribution in [-0.2, 0) is 4.79 Å². The maximum absolute atomic E-state index is 11.3. The molecule has 0 amide bonds. The summed E-state index contributed by atoms with van der Waals surface area (Å²) in [6.45, 7) is 0.577. The molecule has 1 fully saturated rings. The van der Waals surface area contributed by atoms with E-state index in [-0.39, 0.29) is 5.52 Å². The van der Waals surface area contributed by atoms with Gasteiger partial charge in [-0.05, 0) is 25.0 Å². The van der Waals surface area contributed by atoms with Crippen LogP contribution in [0.2, 0.25) is 0 Å². The van der Waals surface area contributed by atoms with Crippen molar-refractivity contribution in [2.45, 2.75) is 18.9 Å². The molecule has 0 unspecified atom stereocenters. The van der Waals surface area contributed by atoms with Crippen molar-refractivity contribution in [3.8, 4) is 5.75 Å². The third-order valence-electron chi connectivity index (χ3n) is 3.89. The zero-order valence-electron chi connectivity index (χ0n) is 11.5. The lowest BCUT2D eigenvalue weighted by Crippen LogP contribution is -2.36. The van der Waals surface area contributed by atoms with Crippen molar-refractivity contribution in [2.24, 2.45) is 0 Å². The number of phenols is 1. The van der Waals surface area contributed by atoms with Crippen LogP contribution >= 0.6 is 0 Å². The minimum Gasteiger partial charge on any atom is -0.501 e. The van der Waals surface area contributed by atoms with Gasteiger partial charge in [0.15, 0.2) is 0 Å². The molecule has 3 rings (SSSR count). The predicted octanol–water partition coefficient (Wildman–Crippen LogP) is 1.90. The molecule has 1 atom stereocenters. The standard InChI is InChI=1S/C14H13N3O5/c18-13-10(17(21)22)4-3-8-9(5-6-15-12(8)13)16-7-1-2-11(16)14(19)20/h3-6,11,18H,1-2,7H2,(H,19,20)/t11-/m0/s1. The monoisotopic (exact) mass is 303 g/mol. The van der Waals surface area contributed by atoms with Gasteiger partial charge < -0.3 is 15.1 Å². The number of carboxylic acid groups (broad SMARTS) is 1. The number of carbonyl (C=O) groups is 1. The summed E-state index contributed by atoms with van der Waals surface area (Å²) in [6, 6.07) is 3.72. The van der Waals surface area contributed by atoms with E-state index in [0.717, 1.165) is 6.42 Å². The van der Waals surface area contributed by atoms with Crippen molar-refractivity contribution in [3.05, 3.63) is 34.5 Å². The van der Waals surface area contributed by atoms with Crippen LogP contribution in [0.25, 0.3) is 10.9 Å². The average molecular weight is 303 g/mol. The molecule has 2 N–H and O–H groups in total. The summed E-state index contributed by atoms with van der Waals surface area (Å²) in [7, 11) is 0. The fraction of sp³-hybridized carbons (Fsp3) is 0.286. The van der Waals surface area contributed by atoms with E-state index in [1.807, 2.05) is 0 Å². The molecule has 1 aromatic carbocycles. The van der Waals surface area contributed by atoms with Crippen LogP contribution in [0.1, 0.15) is 12.8 Å². The molecule has 1 aliphatic rings. The fourth-order valence-electron chi connectivity index (χ4n) is 2.89. The minimum absolute atomic E-state index is 0.0998. The lowest BCUT2D eigenvalue weighted by molar-refractivity contribution is -0.385. The molecule has 2 heterocycles. The van der Waals surface area contributed by atoms with E-state index in [4.69, 9.17) is 0 Å². The van der Waals surface area contributed by atoms with E-state index < -0.39 is 28.4 Å². The Bertz CT molecular complexity index is 776. The van der Waals surface area contributed by atoms with Crippen molar-refractivity contribution in [1.29, 1.82) is 0 Å². The maximum Gasteiger partial charge on any atom is 0.326 e.